The van der Waals surface area contributed by atoms with E-state index in [9.17, 15) is 8.42 Å². The maximum Gasteiger partial charge on any atom is 0.200 e. The molecular weight excluding hydrogens is 500 g/mol. The number of aromatic amines is 1. The van der Waals surface area contributed by atoms with Crippen LogP contribution >= 0.6 is 0 Å². The highest BCUT2D eigenvalue weighted by molar-refractivity contribution is 7.84. The molecule has 2 aromatic rings. The number of aryl methyl sites for hydroxylation is 1. The molecule has 2 aromatic heterocycles. The monoisotopic (exact) mass is 540 g/mol. The van der Waals surface area contributed by atoms with Crippen molar-refractivity contribution in [2.45, 2.75) is 96.5 Å². The van der Waals surface area contributed by atoms with Gasteiger partial charge in [-0.25, -0.2) is 23.1 Å². The minimum Gasteiger partial charge on any atom is -0.376 e. The second-order valence-corrected chi connectivity index (χ2v) is 15.9. The van der Waals surface area contributed by atoms with Crippen LogP contribution in [0, 0.1) is 12.3 Å². The third-order valence-corrected chi connectivity index (χ3v) is 9.94. The Morgan fingerprint density at radius 3 is 2.42 bits per heavy atom. The number of hydrogen-bond donors (Lipinski definition) is 2. The number of H-pyrrole nitrogens is 1. The molecular formula is C24H40N6O4S2. The van der Waals surface area contributed by atoms with Gasteiger partial charge >= 0.3 is 0 Å². The third-order valence-electron chi connectivity index (χ3n) is 7.03. The number of nitrogens with zero attached hydrogens (tertiary/aromatic N) is 4. The standard InChI is InChI=1S/C24H40N6O4S2/c1-15-18-20(28-27-15)25-17(13-34-36(32)23(6,7)8)21(26-18)30-11-9-24(10-12-30)14-33-16(2)19(24)29-35(31)22(3,4)5/h16,19,29H,9-14H2,1-8H3,(H,25,27,28)/t16-,19+,35?,36?/m0/s1. The van der Waals surface area contributed by atoms with Crippen LogP contribution in [0.3, 0.4) is 0 Å². The number of fused-ring (bicyclic) bond motifs is 1. The molecule has 1 spiro atoms. The third kappa shape index (κ3) is 5.52. The first-order valence-corrected chi connectivity index (χ1v) is 14.8. The smallest absolute Gasteiger partial charge is 0.200 e. The number of nitrogens with one attached hydrogen (secondary N) is 2. The predicted molar refractivity (Wildman–Crippen MR) is 143 cm³/mol. The molecule has 4 atom stereocenters. The number of piperidine rings is 1. The van der Waals surface area contributed by atoms with E-state index in [1.807, 2.05) is 48.5 Å². The molecule has 36 heavy (non-hydrogen) atoms. The Kier molecular flexibility index (Phi) is 7.67. The van der Waals surface area contributed by atoms with Crippen LogP contribution in [0.4, 0.5) is 5.82 Å². The van der Waals surface area contributed by atoms with Crippen molar-refractivity contribution in [2.75, 3.05) is 24.6 Å². The van der Waals surface area contributed by atoms with Crippen LogP contribution in [0.2, 0.25) is 0 Å². The van der Waals surface area contributed by atoms with Crippen LogP contribution in [0.5, 0.6) is 0 Å². The fourth-order valence-corrected chi connectivity index (χ4v) is 6.32. The lowest BCUT2D eigenvalue weighted by Crippen LogP contribution is -2.55. The Hall–Kier alpha value is -1.47. The first-order chi connectivity index (χ1) is 16.7. The van der Waals surface area contributed by atoms with Gasteiger partial charge in [0, 0.05) is 18.5 Å². The lowest BCUT2D eigenvalue weighted by Gasteiger charge is -2.43. The Balaban J connectivity index is 1.56. The van der Waals surface area contributed by atoms with Crippen molar-refractivity contribution in [1.82, 2.24) is 24.9 Å². The molecule has 2 fully saturated rings. The minimum atomic E-state index is -1.48. The van der Waals surface area contributed by atoms with Crippen LogP contribution < -0.4 is 9.62 Å². The van der Waals surface area contributed by atoms with Crippen molar-refractivity contribution in [3.63, 3.8) is 0 Å². The molecule has 2 saturated heterocycles. The highest BCUT2D eigenvalue weighted by atomic mass is 32.2. The average Bonchev–Trinajstić information content (AvgIpc) is 3.31. The van der Waals surface area contributed by atoms with Gasteiger partial charge in [-0.2, -0.15) is 5.10 Å². The van der Waals surface area contributed by atoms with E-state index in [4.69, 9.17) is 18.9 Å². The highest BCUT2D eigenvalue weighted by Crippen LogP contribution is 2.43. The van der Waals surface area contributed by atoms with Gasteiger partial charge in [-0.15, -0.1) is 0 Å². The Morgan fingerprint density at radius 2 is 1.81 bits per heavy atom. The SMILES string of the molecule is Cc1[nH]nc2nc(COS(=O)C(C)(C)C)c(N3CCC4(CC3)CO[C@@H](C)[C@H]4NS(=O)C(C)(C)C)nc12. The zero-order valence-electron chi connectivity index (χ0n) is 22.6. The molecule has 0 bridgehead atoms. The summed E-state index contributed by atoms with van der Waals surface area (Å²) in [6, 6.07) is 0.0152. The average molecular weight is 541 g/mol. The number of aromatic nitrogens is 4. The largest absolute Gasteiger partial charge is 0.376 e. The zero-order chi connectivity index (χ0) is 26.5. The van der Waals surface area contributed by atoms with Crippen molar-refractivity contribution in [1.29, 1.82) is 0 Å². The summed E-state index contributed by atoms with van der Waals surface area (Å²) in [6.07, 6.45) is 1.73. The minimum absolute atomic E-state index is 0.0103. The Bertz CT molecular complexity index is 1150. The summed E-state index contributed by atoms with van der Waals surface area (Å²) >= 11 is -1.48. The van der Waals surface area contributed by atoms with Gasteiger partial charge in [0.05, 0.1) is 44.9 Å². The normalized spacial score (nSPS) is 24.5. The Morgan fingerprint density at radius 1 is 1.14 bits per heavy atom. The predicted octanol–water partition coefficient (Wildman–Crippen LogP) is 3.07. The molecule has 2 N–H and O–H groups in total. The topological polar surface area (TPSA) is 122 Å². The molecule has 2 aliphatic rings. The maximum absolute atomic E-state index is 12.9. The van der Waals surface area contributed by atoms with Crippen molar-refractivity contribution < 1.29 is 17.3 Å². The first-order valence-electron chi connectivity index (χ1n) is 12.5. The lowest BCUT2D eigenvalue weighted by molar-refractivity contribution is 0.0973. The summed E-state index contributed by atoms with van der Waals surface area (Å²) in [6.45, 7) is 17.8. The van der Waals surface area contributed by atoms with Crippen LogP contribution in [0.25, 0.3) is 11.2 Å². The van der Waals surface area contributed by atoms with E-state index < -0.39 is 26.8 Å². The fourth-order valence-electron chi connectivity index (χ4n) is 4.72. The number of hydrogen-bond acceptors (Lipinski definition) is 8. The molecule has 0 amide bonds. The van der Waals surface area contributed by atoms with Gasteiger partial charge in [-0.3, -0.25) is 9.28 Å². The molecule has 4 heterocycles. The molecule has 2 aliphatic heterocycles. The van der Waals surface area contributed by atoms with Crippen LogP contribution in [-0.2, 0) is 37.6 Å². The van der Waals surface area contributed by atoms with Gasteiger partial charge in [0.15, 0.2) is 22.5 Å². The second kappa shape index (κ2) is 10.0. The Labute approximate surface area is 219 Å². The van der Waals surface area contributed by atoms with E-state index in [-0.39, 0.29) is 28.9 Å². The molecule has 202 valence electrons. The molecule has 2 unspecified atom stereocenters. The van der Waals surface area contributed by atoms with E-state index in [2.05, 4.69) is 26.7 Å². The van der Waals surface area contributed by atoms with E-state index in [0.29, 0.717) is 17.9 Å². The van der Waals surface area contributed by atoms with E-state index in [0.717, 1.165) is 43.0 Å². The lowest BCUT2D eigenvalue weighted by atomic mass is 9.73. The molecule has 10 nitrogen and oxygen atoms in total. The van der Waals surface area contributed by atoms with E-state index >= 15 is 0 Å². The molecule has 12 heteroatoms. The molecule has 0 saturated carbocycles. The van der Waals surface area contributed by atoms with Gasteiger partial charge in [-0.05, 0) is 68.2 Å². The summed E-state index contributed by atoms with van der Waals surface area (Å²) in [5.74, 6) is 0.738. The zero-order valence-corrected chi connectivity index (χ0v) is 24.3. The summed E-state index contributed by atoms with van der Waals surface area (Å²) in [4.78, 5) is 11.9. The number of ether oxygens (including phenoxy) is 1. The van der Waals surface area contributed by atoms with Crippen molar-refractivity contribution in [3.05, 3.63) is 11.4 Å². The van der Waals surface area contributed by atoms with Crippen molar-refractivity contribution in [3.8, 4) is 0 Å². The summed E-state index contributed by atoms with van der Waals surface area (Å²) in [5.41, 5.74) is 2.64. The summed E-state index contributed by atoms with van der Waals surface area (Å²) < 4.78 is 39.8. The molecule has 0 aliphatic carbocycles. The molecule has 0 radical (unpaired) electrons. The van der Waals surface area contributed by atoms with E-state index in [1.54, 1.807) is 0 Å². The van der Waals surface area contributed by atoms with Crippen LogP contribution in [0.1, 0.15) is 72.7 Å². The van der Waals surface area contributed by atoms with Crippen molar-refractivity contribution >= 4 is 39.0 Å². The maximum atomic E-state index is 12.9. The molecule has 4 rings (SSSR count). The van der Waals surface area contributed by atoms with Crippen LogP contribution in [-0.4, -0.2) is 69.9 Å². The number of anilines is 1. The van der Waals surface area contributed by atoms with Gasteiger partial charge in [0.2, 0.25) is 0 Å². The van der Waals surface area contributed by atoms with Gasteiger partial charge in [0.25, 0.3) is 0 Å². The van der Waals surface area contributed by atoms with Crippen LogP contribution in [0.15, 0.2) is 0 Å². The van der Waals surface area contributed by atoms with Gasteiger partial charge in [0.1, 0.15) is 17.8 Å². The van der Waals surface area contributed by atoms with Crippen molar-refractivity contribution in [2.24, 2.45) is 5.41 Å². The highest BCUT2D eigenvalue weighted by Gasteiger charge is 2.50. The van der Waals surface area contributed by atoms with Gasteiger partial charge < -0.3 is 9.64 Å². The van der Waals surface area contributed by atoms with E-state index in [1.165, 1.54) is 0 Å². The molecule has 0 aromatic carbocycles. The quantitative estimate of drug-likeness (QED) is 0.573. The van der Waals surface area contributed by atoms with Gasteiger partial charge in [-0.1, -0.05) is 0 Å². The fraction of sp³-hybridized carbons (Fsp3) is 0.792. The first kappa shape index (κ1) is 27.6. The number of rotatable bonds is 6. The second-order valence-electron chi connectivity index (χ2n) is 12.0. The summed E-state index contributed by atoms with van der Waals surface area (Å²) in [5, 5.41) is 7.22. The summed E-state index contributed by atoms with van der Waals surface area (Å²) in [7, 11) is -1.17.